The summed E-state index contributed by atoms with van der Waals surface area (Å²) in [6.07, 6.45) is 0. The Hall–Kier alpha value is -1.63. The number of nitrogens with zero attached hydrogens (tertiary/aromatic N) is 2. The van der Waals surface area contributed by atoms with E-state index >= 15 is 0 Å². The predicted molar refractivity (Wildman–Crippen MR) is 115 cm³/mol. The summed E-state index contributed by atoms with van der Waals surface area (Å²) in [4.78, 5) is 6.02. The molecule has 0 radical (unpaired) electrons. The van der Waals surface area contributed by atoms with Crippen molar-refractivity contribution in [3.63, 3.8) is 0 Å². The predicted octanol–water partition coefficient (Wildman–Crippen LogP) is 3.98. The molecule has 0 unspecified atom stereocenters. The maximum absolute atomic E-state index is 5.70. The van der Waals surface area contributed by atoms with Crippen molar-refractivity contribution in [3.8, 4) is 5.75 Å². The van der Waals surface area contributed by atoms with Crippen molar-refractivity contribution in [1.82, 2.24) is 15.1 Å². The van der Waals surface area contributed by atoms with E-state index in [4.69, 9.17) is 17.0 Å². The summed E-state index contributed by atoms with van der Waals surface area (Å²) in [5.41, 5.74) is 1.19. The third-order valence-corrected chi connectivity index (χ3v) is 5.66. The quantitative estimate of drug-likeness (QED) is 0.619. The van der Waals surface area contributed by atoms with E-state index < -0.39 is 0 Å². The van der Waals surface area contributed by atoms with Crippen molar-refractivity contribution in [2.45, 2.75) is 26.9 Å². The van der Waals surface area contributed by atoms with Gasteiger partial charge in [0.1, 0.15) is 5.75 Å². The van der Waals surface area contributed by atoms with Crippen LogP contribution in [0.3, 0.4) is 0 Å². The van der Waals surface area contributed by atoms with Crippen molar-refractivity contribution < 1.29 is 4.74 Å². The second-order valence-electron chi connectivity index (χ2n) is 6.03. The number of nitrogens with one attached hydrogen (secondary N) is 1. The van der Waals surface area contributed by atoms with Crippen molar-refractivity contribution in [1.29, 1.82) is 0 Å². The van der Waals surface area contributed by atoms with Crippen LogP contribution < -0.4 is 10.1 Å². The molecule has 1 heterocycles. The minimum atomic E-state index is 0.717. The Labute approximate surface area is 166 Å². The van der Waals surface area contributed by atoms with Crippen LogP contribution in [0, 0.1) is 0 Å². The highest BCUT2D eigenvalue weighted by Gasteiger charge is 2.12. The van der Waals surface area contributed by atoms with Gasteiger partial charge in [0.05, 0.1) is 13.7 Å². The molecule has 0 atom stereocenters. The molecule has 2 aromatic rings. The summed E-state index contributed by atoms with van der Waals surface area (Å²) >= 11 is 7.47. The summed E-state index contributed by atoms with van der Waals surface area (Å²) in [7, 11) is 1.68. The number of hydrogen-bond acceptors (Lipinski definition) is 4. The monoisotopic (exact) mass is 391 g/mol. The Bertz CT molecular complexity index is 640. The number of thiophene rings is 1. The molecular formula is C20H29N3OS2. The molecule has 0 aliphatic carbocycles. The molecule has 0 saturated heterocycles. The van der Waals surface area contributed by atoms with Gasteiger partial charge in [-0.1, -0.05) is 32.0 Å². The van der Waals surface area contributed by atoms with Crippen LogP contribution in [0.1, 0.15) is 24.3 Å². The Balaban J connectivity index is 1.94. The van der Waals surface area contributed by atoms with Crippen LogP contribution in [0.25, 0.3) is 0 Å². The highest BCUT2D eigenvalue weighted by molar-refractivity contribution is 7.80. The maximum atomic E-state index is 5.70. The lowest BCUT2D eigenvalue weighted by Crippen LogP contribution is -2.43. The lowest BCUT2D eigenvalue weighted by molar-refractivity contribution is 0.264. The van der Waals surface area contributed by atoms with Crippen LogP contribution in [0.2, 0.25) is 0 Å². The molecule has 0 fully saturated rings. The van der Waals surface area contributed by atoms with Crippen LogP contribution in [-0.4, -0.2) is 48.2 Å². The van der Waals surface area contributed by atoms with Gasteiger partial charge >= 0.3 is 0 Å². The second-order valence-corrected chi connectivity index (χ2v) is 7.45. The Morgan fingerprint density at radius 3 is 2.42 bits per heavy atom. The van der Waals surface area contributed by atoms with Gasteiger partial charge in [0.2, 0.25) is 0 Å². The minimum Gasteiger partial charge on any atom is -0.497 e. The Kier molecular flexibility index (Phi) is 8.88. The van der Waals surface area contributed by atoms with E-state index in [9.17, 15) is 0 Å². The van der Waals surface area contributed by atoms with E-state index in [-0.39, 0.29) is 0 Å². The molecule has 0 amide bonds. The average Bonchev–Trinajstić information content (AvgIpc) is 3.19. The fourth-order valence-electron chi connectivity index (χ4n) is 2.68. The SMILES string of the molecule is CCN(CC)CCN(Cc1cccs1)C(=S)NCc1ccc(OC)cc1. The molecule has 26 heavy (non-hydrogen) atoms. The lowest BCUT2D eigenvalue weighted by atomic mass is 10.2. The van der Waals surface area contributed by atoms with E-state index in [1.165, 1.54) is 10.4 Å². The van der Waals surface area contributed by atoms with E-state index in [2.05, 4.69) is 58.6 Å². The number of methoxy groups -OCH3 is 1. The van der Waals surface area contributed by atoms with Crippen molar-refractivity contribution in [2.24, 2.45) is 0 Å². The van der Waals surface area contributed by atoms with E-state index in [0.717, 1.165) is 50.1 Å². The molecule has 0 aliphatic rings. The Morgan fingerprint density at radius 2 is 1.85 bits per heavy atom. The van der Waals surface area contributed by atoms with Crippen LogP contribution in [0.5, 0.6) is 5.75 Å². The Morgan fingerprint density at radius 1 is 1.12 bits per heavy atom. The zero-order chi connectivity index (χ0) is 18.8. The smallest absolute Gasteiger partial charge is 0.169 e. The highest BCUT2D eigenvalue weighted by atomic mass is 32.1. The standard InChI is InChI=1S/C20H29N3OS2/c1-4-22(5-2)12-13-23(16-19-7-6-14-26-19)20(25)21-15-17-8-10-18(24-3)11-9-17/h6-11,14H,4-5,12-13,15-16H2,1-3H3,(H,21,25). The van der Waals surface area contributed by atoms with Gasteiger partial charge in [-0.25, -0.2) is 0 Å². The zero-order valence-electron chi connectivity index (χ0n) is 15.9. The number of benzene rings is 1. The number of ether oxygens (including phenoxy) is 1. The molecule has 2 rings (SSSR count). The van der Waals surface area contributed by atoms with Gasteiger partial charge in [-0.15, -0.1) is 11.3 Å². The van der Waals surface area contributed by atoms with Gasteiger partial charge < -0.3 is 19.9 Å². The largest absolute Gasteiger partial charge is 0.497 e. The number of thiocarbonyl (C=S) groups is 1. The molecule has 1 aromatic carbocycles. The van der Waals surface area contributed by atoms with Crippen LogP contribution >= 0.6 is 23.6 Å². The third-order valence-electron chi connectivity index (χ3n) is 4.40. The van der Waals surface area contributed by atoms with Gasteiger partial charge in [0.25, 0.3) is 0 Å². The van der Waals surface area contributed by atoms with E-state index in [1.807, 2.05) is 12.1 Å². The fourth-order valence-corrected chi connectivity index (χ4v) is 3.63. The molecule has 4 nitrogen and oxygen atoms in total. The van der Waals surface area contributed by atoms with Gasteiger partial charge in [-0.05, 0) is 54.5 Å². The number of hydrogen-bond donors (Lipinski definition) is 1. The molecule has 6 heteroatoms. The fraction of sp³-hybridized carbons (Fsp3) is 0.450. The van der Waals surface area contributed by atoms with Gasteiger partial charge in [0, 0.05) is 24.5 Å². The first-order valence-corrected chi connectivity index (χ1v) is 10.4. The summed E-state index contributed by atoms with van der Waals surface area (Å²) in [5, 5.41) is 6.34. The molecule has 142 valence electrons. The normalized spacial score (nSPS) is 10.8. The van der Waals surface area contributed by atoms with Crippen molar-refractivity contribution >= 4 is 28.7 Å². The lowest BCUT2D eigenvalue weighted by Gasteiger charge is -2.28. The minimum absolute atomic E-state index is 0.717. The van der Waals surface area contributed by atoms with Crippen molar-refractivity contribution in [2.75, 3.05) is 33.3 Å². The molecule has 0 saturated carbocycles. The topological polar surface area (TPSA) is 27.7 Å². The summed E-state index contributed by atoms with van der Waals surface area (Å²) in [6.45, 7) is 10.0. The first-order chi connectivity index (χ1) is 12.7. The molecule has 0 aliphatic heterocycles. The summed E-state index contributed by atoms with van der Waals surface area (Å²) in [6, 6.07) is 12.3. The van der Waals surface area contributed by atoms with Gasteiger partial charge in [-0.3, -0.25) is 0 Å². The first-order valence-electron chi connectivity index (χ1n) is 9.06. The van der Waals surface area contributed by atoms with E-state index in [0.29, 0.717) is 0 Å². The molecule has 1 N–H and O–H groups in total. The second kappa shape index (κ2) is 11.2. The van der Waals surface area contributed by atoms with Crippen LogP contribution in [0.4, 0.5) is 0 Å². The number of rotatable bonds is 10. The van der Waals surface area contributed by atoms with E-state index in [1.54, 1.807) is 18.4 Å². The summed E-state index contributed by atoms with van der Waals surface area (Å²) < 4.78 is 5.21. The first kappa shape index (κ1) is 20.7. The average molecular weight is 392 g/mol. The van der Waals surface area contributed by atoms with Crippen LogP contribution in [-0.2, 0) is 13.1 Å². The number of likely N-dealkylation sites (N-methyl/N-ethyl adjacent to an activating group) is 1. The van der Waals surface area contributed by atoms with Gasteiger partial charge in [-0.2, -0.15) is 0 Å². The van der Waals surface area contributed by atoms with Gasteiger partial charge in [0.15, 0.2) is 5.11 Å². The summed E-state index contributed by atoms with van der Waals surface area (Å²) in [5.74, 6) is 0.870. The molecule has 0 bridgehead atoms. The zero-order valence-corrected chi connectivity index (χ0v) is 17.5. The van der Waals surface area contributed by atoms with Crippen molar-refractivity contribution in [3.05, 3.63) is 52.2 Å². The molecule has 0 spiro atoms. The molecular weight excluding hydrogens is 362 g/mol. The third kappa shape index (κ3) is 6.59. The van der Waals surface area contributed by atoms with Crippen LogP contribution in [0.15, 0.2) is 41.8 Å². The highest BCUT2D eigenvalue weighted by Crippen LogP contribution is 2.13. The maximum Gasteiger partial charge on any atom is 0.169 e. The molecule has 1 aromatic heterocycles.